The smallest absolute Gasteiger partial charge is 0.298 e. The Hall–Kier alpha value is -1.57. The third-order valence-electron chi connectivity index (χ3n) is 1.58. The summed E-state index contributed by atoms with van der Waals surface area (Å²) in [5.74, 6) is 0. The summed E-state index contributed by atoms with van der Waals surface area (Å²) in [6.45, 7) is 0. The molecule has 1 N–H and O–H groups in total. The number of hydrogen-bond donors (Lipinski definition) is 1. The summed E-state index contributed by atoms with van der Waals surface area (Å²) < 4.78 is 58.7. The maximum Gasteiger partial charge on any atom is 0.516 e. The molecule has 0 aliphatic rings. The Bertz CT molecular complexity index is 495. The molecule has 0 unspecified atom stereocenters. The van der Waals surface area contributed by atoms with Crippen molar-refractivity contribution in [2.75, 3.05) is 4.72 Å². The molecule has 4 nitrogen and oxygen atoms in total. The Morgan fingerprint density at radius 3 is 2.38 bits per heavy atom. The fourth-order valence-electron chi connectivity index (χ4n) is 0.888. The van der Waals surface area contributed by atoms with Gasteiger partial charge in [-0.05, 0) is 12.1 Å². The van der Waals surface area contributed by atoms with E-state index in [4.69, 9.17) is 0 Å². The molecule has 88 valence electrons. The van der Waals surface area contributed by atoms with E-state index in [1.54, 1.807) is 0 Å². The van der Waals surface area contributed by atoms with Crippen LogP contribution < -0.4 is 4.72 Å². The van der Waals surface area contributed by atoms with Gasteiger partial charge in [0.2, 0.25) is 0 Å². The number of alkyl halides is 3. The predicted octanol–water partition coefficient (Wildman–Crippen LogP) is 1.76. The molecule has 0 saturated carbocycles. The van der Waals surface area contributed by atoms with Gasteiger partial charge in [-0.25, -0.2) is 0 Å². The summed E-state index contributed by atoms with van der Waals surface area (Å²) in [6, 6.07) is 4.70. The summed E-state index contributed by atoms with van der Waals surface area (Å²) in [5, 5.41) is 0. The molecule has 1 aromatic rings. The van der Waals surface area contributed by atoms with Gasteiger partial charge in [0.15, 0.2) is 0 Å². The van der Waals surface area contributed by atoms with Crippen molar-refractivity contribution < 1.29 is 26.4 Å². The number of rotatable bonds is 3. The first kappa shape index (κ1) is 12.5. The van der Waals surface area contributed by atoms with Gasteiger partial charge in [-0.2, -0.15) is 21.6 Å². The molecular weight excluding hydrogens is 247 g/mol. The van der Waals surface area contributed by atoms with E-state index >= 15 is 0 Å². The predicted molar refractivity (Wildman–Crippen MR) is 50.4 cm³/mol. The van der Waals surface area contributed by atoms with Crippen LogP contribution in [0.25, 0.3) is 0 Å². The van der Waals surface area contributed by atoms with Crippen LogP contribution in [0, 0.1) is 0 Å². The first-order valence-electron chi connectivity index (χ1n) is 3.90. The fourth-order valence-corrected chi connectivity index (χ4v) is 1.44. The zero-order valence-corrected chi connectivity index (χ0v) is 8.47. The Morgan fingerprint density at radius 2 is 1.88 bits per heavy atom. The molecule has 0 fully saturated rings. The molecule has 0 amide bonds. The Kier molecular flexibility index (Phi) is 3.22. The van der Waals surface area contributed by atoms with Crippen LogP contribution >= 0.6 is 0 Å². The highest BCUT2D eigenvalue weighted by atomic mass is 32.2. The van der Waals surface area contributed by atoms with Crippen LogP contribution in [0.2, 0.25) is 0 Å². The Morgan fingerprint density at radius 1 is 1.25 bits per heavy atom. The second kappa shape index (κ2) is 4.12. The van der Waals surface area contributed by atoms with Crippen molar-refractivity contribution in [2.24, 2.45) is 0 Å². The van der Waals surface area contributed by atoms with E-state index in [2.05, 4.69) is 0 Å². The number of sulfonamides is 1. The van der Waals surface area contributed by atoms with Gasteiger partial charge >= 0.3 is 15.5 Å². The second-order valence-corrected chi connectivity index (χ2v) is 4.47. The highest BCUT2D eigenvalue weighted by molar-refractivity contribution is 7.93. The lowest BCUT2D eigenvalue weighted by atomic mass is 10.2. The van der Waals surface area contributed by atoms with Gasteiger partial charge < -0.3 is 0 Å². The number of halogens is 3. The highest BCUT2D eigenvalue weighted by Gasteiger charge is 2.45. The molecule has 0 spiro atoms. The first-order chi connectivity index (χ1) is 7.26. The normalized spacial score (nSPS) is 12.2. The van der Waals surface area contributed by atoms with E-state index in [0.29, 0.717) is 6.29 Å². The van der Waals surface area contributed by atoms with Crippen LogP contribution in [0.5, 0.6) is 0 Å². The van der Waals surface area contributed by atoms with Gasteiger partial charge in [0.25, 0.3) is 0 Å². The zero-order chi connectivity index (χ0) is 12.4. The lowest BCUT2D eigenvalue weighted by Gasteiger charge is -2.10. The number of hydrogen-bond acceptors (Lipinski definition) is 3. The van der Waals surface area contributed by atoms with Crippen LogP contribution in [0.3, 0.4) is 0 Å². The van der Waals surface area contributed by atoms with Crippen LogP contribution in [-0.2, 0) is 10.0 Å². The number of aldehydes is 1. The molecule has 0 radical (unpaired) electrons. The molecule has 0 bridgehead atoms. The maximum atomic E-state index is 12.0. The largest absolute Gasteiger partial charge is 0.516 e. The van der Waals surface area contributed by atoms with Gasteiger partial charge in [-0.15, -0.1) is 0 Å². The van der Waals surface area contributed by atoms with E-state index in [1.165, 1.54) is 16.9 Å². The monoisotopic (exact) mass is 253 g/mol. The highest BCUT2D eigenvalue weighted by Crippen LogP contribution is 2.25. The topological polar surface area (TPSA) is 63.2 Å². The molecule has 1 rings (SSSR count). The molecule has 8 heteroatoms. The van der Waals surface area contributed by atoms with Crippen LogP contribution in [0.15, 0.2) is 24.3 Å². The van der Waals surface area contributed by atoms with Crippen molar-refractivity contribution in [1.29, 1.82) is 0 Å². The molecule has 0 heterocycles. The second-order valence-electron chi connectivity index (χ2n) is 2.79. The van der Waals surface area contributed by atoms with Crippen molar-refractivity contribution in [3.8, 4) is 0 Å². The van der Waals surface area contributed by atoms with Gasteiger partial charge in [0.05, 0.1) is 0 Å². The summed E-state index contributed by atoms with van der Waals surface area (Å²) >= 11 is 0. The minimum absolute atomic E-state index is 0.0716. The number of benzene rings is 1. The van der Waals surface area contributed by atoms with E-state index in [0.717, 1.165) is 12.1 Å². The third-order valence-corrected chi connectivity index (χ3v) is 2.69. The molecule has 0 aromatic heterocycles. The number of nitrogens with one attached hydrogen (secondary N) is 1. The summed E-state index contributed by atoms with van der Waals surface area (Å²) in [5.41, 5.74) is -5.63. The molecule has 1 aromatic carbocycles. The van der Waals surface area contributed by atoms with Crippen molar-refractivity contribution >= 4 is 22.0 Å². The lowest BCUT2D eigenvalue weighted by Crippen LogP contribution is -2.29. The summed E-state index contributed by atoms with van der Waals surface area (Å²) in [7, 11) is -5.44. The molecular formula is C8H6F3NO3S. The van der Waals surface area contributed by atoms with Crippen LogP contribution in [0.4, 0.5) is 18.9 Å². The molecule has 0 aliphatic carbocycles. The lowest BCUT2D eigenvalue weighted by molar-refractivity contribution is -0.0429. The average molecular weight is 253 g/mol. The number of carbonyl (C=O) groups excluding carboxylic acids is 1. The van der Waals surface area contributed by atoms with Crippen molar-refractivity contribution in [1.82, 2.24) is 0 Å². The molecule has 16 heavy (non-hydrogen) atoms. The first-order valence-corrected chi connectivity index (χ1v) is 5.39. The van der Waals surface area contributed by atoms with Crippen molar-refractivity contribution in [3.63, 3.8) is 0 Å². The summed E-state index contributed by atoms with van der Waals surface area (Å²) in [4.78, 5) is 10.3. The maximum absolute atomic E-state index is 12.0. The molecule has 0 saturated heterocycles. The third kappa shape index (κ3) is 2.72. The SMILES string of the molecule is O=Cc1cccc(NS(=O)(=O)C(F)(F)F)c1. The van der Waals surface area contributed by atoms with Gasteiger partial charge in [0, 0.05) is 11.3 Å². The van der Waals surface area contributed by atoms with E-state index in [9.17, 15) is 26.4 Å². The van der Waals surface area contributed by atoms with E-state index < -0.39 is 15.5 Å². The van der Waals surface area contributed by atoms with Crippen molar-refractivity contribution in [3.05, 3.63) is 29.8 Å². The summed E-state index contributed by atoms with van der Waals surface area (Å²) in [6.07, 6.45) is 0.394. The Balaban J connectivity index is 3.02. The van der Waals surface area contributed by atoms with Gasteiger partial charge in [0.1, 0.15) is 6.29 Å². The van der Waals surface area contributed by atoms with E-state index in [1.807, 2.05) is 0 Å². The minimum atomic E-state index is -5.44. The quantitative estimate of drug-likeness (QED) is 0.835. The van der Waals surface area contributed by atoms with Gasteiger partial charge in [-0.3, -0.25) is 9.52 Å². The molecule has 0 aliphatic heterocycles. The Labute approximate surface area is 89.1 Å². The van der Waals surface area contributed by atoms with Crippen LogP contribution in [-0.4, -0.2) is 20.2 Å². The van der Waals surface area contributed by atoms with E-state index in [-0.39, 0.29) is 11.3 Å². The zero-order valence-electron chi connectivity index (χ0n) is 7.65. The standard InChI is InChI=1S/C8H6F3NO3S/c9-8(10,11)16(14,15)12-7-3-1-2-6(4-7)5-13/h1-5,12H. The number of carbonyl (C=O) groups is 1. The molecule has 0 atom stereocenters. The van der Waals surface area contributed by atoms with Crippen molar-refractivity contribution in [2.45, 2.75) is 5.51 Å². The van der Waals surface area contributed by atoms with Gasteiger partial charge in [-0.1, -0.05) is 12.1 Å². The number of anilines is 1. The minimum Gasteiger partial charge on any atom is -0.298 e. The van der Waals surface area contributed by atoms with Crippen LogP contribution in [0.1, 0.15) is 10.4 Å². The average Bonchev–Trinajstić information content (AvgIpc) is 2.15. The fraction of sp³-hybridized carbons (Fsp3) is 0.125.